The van der Waals surface area contributed by atoms with E-state index in [1.165, 1.54) is 23.9 Å². The molecule has 1 saturated heterocycles. The maximum absolute atomic E-state index is 13.7. The molecule has 2 N–H and O–H groups in total. The number of carbonyl (C=O) groups excluding carboxylic acids is 3. The predicted molar refractivity (Wildman–Crippen MR) is 144 cm³/mol. The molecule has 2 heterocycles. The number of ether oxygens (including phenoxy) is 2. The molecule has 2 aromatic carbocycles. The monoisotopic (exact) mass is 543 g/mol. The molecule has 0 unspecified atom stereocenters. The molecule has 1 fully saturated rings. The first-order valence-corrected chi connectivity index (χ1v) is 13.8. The highest BCUT2D eigenvalue weighted by Gasteiger charge is 2.33. The van der Waals surface area contributed by atoms with E-state index in [9.17, 15) is 18.8 Å². The molecule has 10 heteroatoms. The van der Waals surface area contributed by atoms with Crippen LogP contribution in [0.4, 0.5) is 14.9 Å². The number of hydrogen-bond donors (Lipinski definition) is 2. The van der Waals surface area contributed by atoms with Crippen molar-refractivity contribution in [2.75, 3.05) is 30.4 Å². The van der Waals surface area contributed by atoms with Crippen molar-refractivity contribution in [2.24, 2.45) is 5.92 Å². The Bertz CT molecular complexity index is 1160. The Morgan fingerprint density at radius 2 is 1.84 bits per heavy atom. The number of amides is 3. The largest absolute Gasteiger partial charge is 0.444 e. The summed E-state index contributed by atoms with van der Waals surface area (Å²) in [5, 5.41) is 5.71. The maximum atomic E-state index is 13.7. The van der Waals surface area contributed by atoms with E-state index in [0.29, 0.717) is 48.2 Å². The van der Waals surface area contributed by atoms with Gasteiger partial charge in [-0.05, 0) is 75.4 Å². The van der Waals surface area contributed by atoms with Gasteiger partial charge in [0, 0.05) is 36.0 Å². The van der Waals surface area contributed by atoms with Crippen LogP contribution in [-0.2, 0) is 20.8 Å². The number of nitrogens with one attached hydrogen (secondary N) is 2. The SMILES string of the molecule is CC(C)(C)OC(=O)N[C@H]1CSc2ccc(C(=O)NCC3CCOCC3)cc2N(Cc2ccc(F)cc2)C1=O. The second-order valence-corrected chi connectivity index (χ2v) is 11.6. The molecule has 0 bridgehead atoms. The molecule has 2 aromatic rings. The highest BCUT2D eigenvalue weighted by molar-refractivity contribution is 7.99. The molecule has 3 amide bonds. The average Bonchev–Trinajstić information content (AvgIpc) is 3.00. The van der Waals surface area contributed by atoms with Gasteiger partial charge in [-0.15, -0.1) is 11.8 Å². The Hall–Kier alpha value is -3.11. The number of anilines is 1. The summed E-state index contributed by atoms with van der Waals surface area (Å²) in [6.45, 7) is 7.37. The molecule has 8 nitrogen and oxygen atoms in total. The number of carbonyl (C=O) groups is 3. The van der Waals surface area contributed by atoms with Crippen molar-refractivity contribution in [3.8, 4) is 0 Å². The van der Waals surface area contributed by atoms with Gasteiger partial charge in [0.2, 0.25) is 0 Å². The highest BCUT2D eigenvalue weighted by atomic mass is 32.2. The fourth-order valence-electron chi connectivity index (χ4n) is 4.32. The smallest absolute Gasteiger partial charge is 0.408 e. The number of hydrogen-bond acceptors (Lipinski definition) is 6. The van der Waals surface area contributed by atoms with Crippen molar-refractivity contribution in [3.63, 3.8) is 0 Å². The van der Waals surface area contributed by atoms with Crippen LogP contribution < -0.4 is 15.5 Å². The van der Waals surface area contributed by atoms with Crippen LogP contribution in [0.15, 0.2) is 47.4 Å². The van der Waals surface area contributed by atoms with Crippen LogP contribution in [0.25, 0.3) is 0 Å². The number of rotatable bonds is 6. The van der Waals surface area contributed by atoms with Gasteiger partial charge in [0.05, 0.1) is 12.2 Å². The van der Waals surface area contributed by atoms with Crippen molar-refractivity contribution >= 4 is 35.4 Å². The summed E-state index contributed by atoms with van der Waals surface area (Å²) >= 11 is 1.42. The van der Waals surface area contributed by atoms with Crippen LogP contribution in [0.5, 0.6) is 0 Å². The van der Waals surface area contributed by atoms with E-state index in [4.69, 9.17) is 9.47 Å². The summed E-state index contributed by atoms with van der Waals surface area (Å²) in [5.41, 5.74) is 1.00. The van der Waals surface area contributed by atoms with Crippen LogP contribution in [0, 0.1) is 11.7 Å². The topological polar surface area (TPSA) is 97.0 Å². The van der Waals surface area contributed by atoms with Gasteiger partial charge in [-0.1, -0.05) is 12.1 Å². The lowest BCUT2D eigenvalue weighted by Gasteiger charge is -2.27. The van der Waals surface area contributed by atoms with E-state index in [2.05, 4.69) is 10.6 Å². The van der Waals surface area contributed by atoms with Crippen molar-refractivity contribution < 1.29 is 28.2 Å². The number of fused-ring (bicyclic) bond motifs is 1. The van der Waals surface area contributed by atoms with Gasteiger partial charge in [-0.3, -0.25) is 9.59 Å². The molecule has 0 spiro atoms. The molecule has 2 aliphatic rings. The van der Waals surface area contributed by atoms with Gasteiger partial charge in [-0.2, -0.15) is 0 Å². The number of thioether (sulfide) groups is 1. The second kappa shape index (κ2) is 12.2. The van der Waals surface area contributed by atoms with E-state index < -0.39 is 17.7 Å². The zero-order valence-corrected chi connectivity index (χ0v) is 22.7. The predicted octanol–water partition coefficient (Wildman–Crippen LogP) is 4.51. The van der Waals surface area contributed by atoms with Crippen molar-refractivity contribution in [1.82, 2.24) is 10.6 Å². The quantitative estimate of drug-likeness (QED) is 0.557. The zero-order valence-electron chi connectivity index (χ0n) is 21.9. The fourth-order valence-corrected chi connectivity index (χ4v) is 5.37. The minimum atomic E-state index is -0.853. The minimum absolute atomic E-state index is 0.145. The Labute approximate surface area is 226 Å². The molecule has 4 rings (SSSR count). The molecule has 204 valence electrons. The molecular formula is C28H34FN3O5S. The summed E-state index contributed by atoms with van der Waals surface area (Å²) in [6, 6.07) is 10.3. The molecule has 1 atom stereocenters. The lowest BCUT2D eigenvalue weighted by molar-refractivity contribution is -0.120. The molecule has 2 aliphatic heterocycles. The van der Waals surface area contributed by atoms with E-state index in [1.807, 2.05) is 6.07 Å². The molecule has 0 aromatic heterocycles. The Balaban J connectivity index is 1.58. The standard InChI is InChI=1S/C28H34FN3O5S/c1-28(2,3)37-27(35)31-22-17-38-24-9-6-20(25(33)30-15-18-10-12-36-13-11-18)14-23(24)32(26(22)34)16-19-4-7-21(29)8-5-19/h4-9,14,18,22H,10-13,15-17H2,1-3H3,(H,30,33)(H,31,35)/t22-/m0/s1. The van der Waals surface area contributed by atoms with Crippen molar-refractivity contribution in [3.05, 3.63) is 59.4 Å². The summed E-state index contributed by atoms with van der Waals surface area (Å²) in [6.07, 6.45) is 1.14. The van der Waals surface area contributed by atoms with Gasteiger partial charge in [0.15, 0.2) is 0 Å². The lowest BCUT2D eigenvalue weighted by Crippen LogP contribution is -2.50. The number of alkyl carbamates (subject to hydrolysis) is 1. The first-order chi connectivity index (χ1) is 18.1. The Kier molecular flexibility index (Phi) is 8.94. The second-order valence-electron chi connectivity index (χ2n) is 10.5. The lowest BCUT2D eigenvalue weighted by atomic mass is 10.0. The van der Waals surface area contributed by atoms with Crippen molar-refractivity contribution in [2.45, 2.75) is 56.7 Å². The van der Waals surface area contributed by atoms with Gasteiger partial charge in [0.1, 0.15) is 17.5 Å². The van der Waals surface area contributed by atoms with Crippen LogP contribution in [0.1, 0.15) is 49.5 Å². The van der Waals surface area contributed by atoms with Gasteiger partial charge >= 0.3 is 6.09 Å². The van der Waals surface area contributed by atoms with Crippen LogP contribution in [-0.4, -0.2) is 55.1 Å². The van der Waals surface area contributed by atoms with Crippen LogP contribution in [0.3, 0.4) is 0 Å². The normalized spacial score (nSPS) is 18.4. The third-order valence-electron chi connectivity index (χ3n) is 6.32. The van der Waals surface area contributed by atoms with Crippen LogP contribution in [0.2, 0.25) is 0 Å². The minimum Gasteiger partial charge on any atom is -0.444 e. The van der Waals surface area contributed by atoms with Gasteiger partial charge in [-0.25, -0.2) is 9.18 Å². The molecular weight excluding hydrogens is 509 g/mol. The fraction of sp³-hybridized carbons (Fsp3) is 0.464. The average molecular weight is 544 g/mol. The third kappa shape index (κ3) is 7.48. The number of halogens is 1. The Morgan fingerprint density at radius 1 is 1.13 bits per heavy atom. The number of nitrogens with zero attached hydrogens (tertiary/aromatic N) is 1. The van der Waals surface area contributed by atoms with Gasteiger partial charge in [0.25, 0.3) is 11.8 Å². The van der Waals surface area contributed by atoms with E-state index >= 15 is 0 Å². The summed E-state index contributed by atoms with van der Waals surface area (Å²) in [5.74, 6) is -0.266. The molecule has 0 saturated carbocycles. The summed E-state index contributed by atoms with van der Waals surface area (Å²) in [7, 11) is 0. The maximum Gasteiger partial charge on any atom is 0.408 e. The third-order valence-corrected chi connectivity index (χ3v) is 7.47. The van der Waals surface area contributed by atoms with Crippen LogP contribution >= 0.6 is 11.8 Å². The molecule has 0 aliphatic carbocycles. The Morgan fingerprint density at radius 3 is 2.53 bits per heavy atom. The molecule has 0 radical (unpaired) electrons. The first kappa shape index (κ1) is 27.9. The zero-order chi connectivity index (χ0) is 27.3. The highest BCUT2D eigenvalue weighted by Crippen LogP contribution is 2.36. The van der Waals surface area contributed by atoms with Gasteiger partial charge < -0.3 is 25.0 Å². The first-order valence-electron chi connectivity index (χ1n) is 12.8. The molecule has 38 heavy (non-hydrogen) atoms. The summed E-state index contributed by atoms with van der Waals surface area (Å²) in [4.78, 5) is 41.6. The van der Waals surface area contributed by atoms with Crippen molar-refractivity contribution in [1.29, 1.82) is 0 Å². The van der Waals surface area contributed by atoms with E-state index in [-0.39, 0.29) is 24.2 Å². The summed E-state index contributed by atoms with van der Waals surface area (Å²) < 4.78 is 24.3. The number of benzene rings is 2. The van der Waals surface area contributed by atoms with E-state index in [0.717, 1.165) is 17.7 Å². The van der Waals surface area contributed by atoms with E-state index in [1.54, 1.807) is 49.9 Å².